The van der Waals surface area contributed by atoms with E-state index in [4.69, 9.17) is 16.6 Å². The van der Waals surface area contributed by atoms with Crippen LogP contribution in [0.5, 0.6) is 0 Å². The van der Waals surface area contributed by atoms with E-state index in [0.29, 0.717) is 5.16 Å². The molecule has 7 nitrogen and oxygen atoms in total. The number of aromatic nitrogens is 2. The average molecular weight is 471 g/mol. The maximum absolute atomic E-state index is 13.4. The van der Waals surface area contributed by atoms with E-state index in [1.54, 1.807) is 5.01 Å². The summed E-state index contributed by atoms with van der Waals surface area (Å²) in [6.45, 7) is 0. The Kier molecular flexibility index (Phi) is 6.31. The Hall–Kier alpha value is -3.65. The number of allylic oxidation sites excluding steroid dienone is 1. The van der Waals surface area contributed by atoms with Crippen molar-refractivity contribution in [3.8, 4) is 0 Å². The number of anilines is 2. The maximum atomic E-state index is 13.4. The number of nitrogens with zero attached hydrogens (tertiary/aromatic N) is 4. The molecule has 0 spiro atoms. The number of carbonyl (C=O) groups is 1. The van der Waals surface area contributed by atoms with Gasteiger partial charge in [-0.15, -0.1) is 0 Å². The van der Waals surface area contributed by atoms with Gasteiger partial charge in [0.1, 0.15) is 11.6 Å². The minimum Gasteiger partial charge on any atom is -0.383 e. The molecule has 34 heavy (non-hydrogen) atoms. The van der Waals surface area contributed by atoms with E-state index in [0.717, 1.165) is 36.1 Å². The van der Waals surface area contributed by atoms with Crippen molar-refractivity contribution < 1.29 is 4.79 Å². The molecule has 1 aliphatic heterocycles. The van der Waals surface area contributed by atoms with Crippen molar-refractivity contribution >= 4 is 41.1 Å². The number of hydrogen-bond acceptors (Lipinski definition) is 7. The van der Waals surface area contributed by atoms with Crippen LogP contribution in [0.15, 0.2) is 82.6 Å². The van der Waals surface area contributed by atoms with Crippen molar-refractivity contribution in [2.75, 3.05) is 17.2 Å². The molecule has 2 heterocycles. The highest BCUT2D eigenvalue weighted by Gasteiger charge is 2.43. The second kappa shape index (κ2) is 9.69. The monoisotopic (exact) mass is 470 g/mol. The van der Waals surface area contributed by atoms with Gasteiger partial charge in [0, 0.05) is 12.0 Å². The van der Waals surface area contributed by atoms with Crippen LogP contribution >= 0.6 is 11.8 Å². The topological polar surface area (TPSA) is 110 Å². The van der Waals surface area contributed by atoms with E-state index >= 15 is 0 Å². The quantitative estimate of drug-likeness (QED) is 0.418. The predicted octanol–water partition coefficient (Wildman–Crippen LogP) is 4.56. The Bertz CT molecular complexity index is 1220. The zero-order chi connectivity index (χ0) is 23.5. The van der Waals surface area contributed by atoms with Crippen molar-refractivity contribution in [3.63, 3.8) is 0 Å². The fraction of sp³-hybridized carbons (Fsp3) is 0.231. The number of nitrogen functional groups attached to an aromatic ring is 2. The molecule has 1 saturated carbocycles. The summed E-state index contributed by atoms with van der Waals surface area (Å²) in [6.07, 6.45) is 5.23. The summed E-state index contributed by atoms with van der Waals surface area (Å²) in [6, 6.07) is 21.8. The minimum absolute atomic E-state index is 0.0931. The van der Waals surface area contributed by atoms with Gasteiger partial charge in [-0.05, 0) is 42.0 Å². The molecular formula is C26H26N6OS. The SMILES string of the molecule is Nc1cc(N)nc(SCC(=O)N2N=C3/C(=C/c4ccccc4)CCC[C@@H]3[C@H]2c2ccccc2)n1. The van der Waals surface area contributed by atoms with Gasteiger partial charge in [-0.3, -0.25) is 4.79 Å². The van der Waals surface area contributed by atoms with Crippen LogP contribution < -0.4 is 11.5 Å². The van der Waals surface area contributed by atoms with Crippen LogP contribution in [0.1, 0.15) is 36.4 Å². The Balaban J connectivity index is 1.45. The molecule has 4 N–H and O–H groups in total. The van der Waals surface area contributed by atoms with E-state index in [2.05, 4.69) is 40.3 Å². The number of hydrazone groups is 1. The van der Waals surface area contributed by atoms with Crippen LogP contribution in [0.4, 0.5) is 11.6 Å². The molecule has 0 unspecified atom stereocenters. The van der Waals surface area contributed by atoms with Crippen molar-refractivity contribution in [2.24, 2.45) is 11.0 Å². The third-order valence-corrected chi connectivity index (χ3v) is 6.94. The highest BCUT2D eigenvalue weighted by Crippen LogP contribution is 2.44. The van der Waals surface area contributed by atoms with E-state index in [9.17, 15) is 4.79 Å². The Labute approximate surface area is 203 Å². The van der Waals surface area contributed by atoms with Crippen molar-refractivity contribution in [1.29, 1.82) is 0 Å². The molecule has 2 aromatic carbocycles. The minimum atomic E-state index is -0.129. The molecule has 0 saturated heterocycles. The summed E-state index contributed by atoms with van der Waals surface area (Å²) < 4.78 is 0. The summed E-state index contributed by atoms with van der Waals surface area (Å²) in [7, 11) is 0. The number of thioether (sulfide) groups is 1. The normalized spacial score (nSPS) is 20.8. The number of amides is 1. The lowest BCUT2D eigenvalue weighted by Gasteiger charge is -2.29. The van der Waals surface area contributed by atoms with Gasteiger partial charge in [-0.25, -0.2) is 15.0 Å². The van der Waals surface area contributed by atoms with Crippen LogP contribution in [-0.4, -0.2) is 32.3 Å². The molecule has 3 aromatic rings. The van der Waals surface area contributed by atoms with Gasteiger partial charge in [-0.2, -0.15) is 5.10 Å². The number of benzene rings is 2. The number of hydrogen-bond donors (Lipinski definition) is 2. The first kappa shape index (κ1) is 22.2. The predicted molar refractivity (Wildman–Crippen MR) is 137 cm³/mol. The molecule has 8 heteroatoms. The largest absolute Gasteiger partial charge is 0.383 e. The molecule has 2 atom stereocenters. The highest BCUT2D eigenvalue weighted by molar-refractivity contribution is 7.99. The Morgan fingerprint density at radius 2 is 1.71 bits per heavy atom. The lowest BCUT2D eigenvalue weighted by Crippen LogP contribution is -2.32. The third-order valence-electron chi connectivity index (χ3n) is 6.11. The van der Waals surface area contributed by atoms with Gasteiger partial charge < -0.3 is 11.5 Å². The van der Waals surface area contributed by atoms with Gasteiger partial charge >= 0.3 is 0 Å². The molecule has 0 radical (unpaired) electrons. The number of carbonyl (C=O) groups excluding carboxylic acids is 1. The summed E-state index contributed by atoms with van der Waals surface area (Å²) in [5.74, 6) is 0.789. The van der Waals surface area contributed by atoms with E-state index < -0.39 is 0 Å². The third kappa shape index (κ3) is 4.68. The fourth-order valence-corrected chi connectivity index (χ4v) is 5.38. The van der Waals surface area contributed by atoms with Crippen molar-refractivity contribution in [2.45, 2.75) is 30.5 Å². The molecule has 1 fully saturated rings. The van der Waals surface area contributed by atoms with Crippen LogP contribution in [0.2, 0.25) is 0 Å². The Morgan fingerprint density at radius 1 is 1.03 bits per heavy atom. The molecule has 172 valence electrons. The maximum Gasteiger partial charge on any atom is 0.253 e. The first-order valence-electron chi connectivity index (χ1n) is 11.3. The summed E-state index contributed by atoms with van der Waals surface area (Å²) in [5, 5.41) is 6.98. The second-order valence-electron chi connectivity index (χ2n) is 8.45. The van der Waals surface area contributed by atoms with Gasteiger partial charge in [-0.1, -0.05) is 72.4 Å². The summed E-state index contributed by atoms with van der Waals surface area (Å²) in [4.78, 5) is 21.8. The van der Waals surface area contributed by atoms with Gasteiger partial charge in [0.05, 0.1) is 17.5 Å². The zero-order valence-electron chi connectivity index (χ0n) is 18.7. The zero-order valence-corrected chi connectivity index (χ0v) is 19.5. The second-order valence-corrected chi connectivity index (χ2v) is 9.39. The molecule has 0 bridgehead atoms. The molecular weight excluding hydrogens is 444 g/mol. The first-order chi connectivity index (χ1) is 16.6. The lowest BCUT2D eigenvalue weighted by atomic mass is 9.77. The van der Waals surface area contributed by atoms with Crippen molar-refractivity contribution in [1.82, 2.24) is 15.0 Å². The molecule has 1 aromatic heterocycles. The molecule has 1 amide bonds. The molecule has 1 aliphatic carbocycles. The number of fused-ring (bicyclic) bond motifs is 1. The van der Waals surface area contributed by atoms with E-state index in [1.165, 1.54) is 23.4 Å². The average Bonchev–Trinajstić information content (AvgIpc) is 3.24. The van der Waals surface area contributed by atoms with Crippen LogP contribution in [-0.2, 0) is 4.79 Å². The Morgan fingerprint density at radius 3 is 2.41 bits per heavy atom. The van der Waals surface area contributed by atoms with Crippen LogP contribution in [0, 0.1) is 5.92 Å². The summed E-state index contributed by atoms with van der Waals surface area (Å²) >= 11 is 1.22. The van der Waals surface area contributed by atoms with E-state index in [1.807, 2.05) is 36.4 Å². The molecule has 2 aliphatic rings. The number of nitrogens with two attached hydrogens (primary N) is 2. The molecule has 5 rings (SSSR count). The van der Waals surface area contributed by atoms with Crippen molar-refractivity contribution in [3.05, 3.63) is 83.4 Å². The smallest absolute Gasteiger partial charge is 0.253 e. The number of rotatable bonds is 5. The fourth-order valence-electron chi connectivity index (χ4n) is 4.66. The van der Waals surface area contributed by atoms with Crippen LogP contribution in [0.25, 0.3) is 6.08 Å². The standard InChI is InChI=1S/C26H26N6OS/c27-21-15-22(28)30-26(29-21)34-16-23(33)32-25(18-10-5-2-6-11-18)20-13-7-12-19(24(20)31-32)14-17-8-3-1-4-9-17/h1-6,8-11,14-15,20,25H,7,12-13,16H2,(H4,27,28,29,30)/b19-14+/t20-,25+/m0/s1. The van der Waals surface area contributed by atoms with Gasteiger partial charge in [0.25, 0.3) is 5.91 Å². The van der Waals surface area contributed by atoms with Gasteiger partial charge in [0.15, 0.2) is 5.16 Å². The van der Waals surface area contributed by atoms with E-state index in [-0.39, 0.29) is 35.3 Å². The highest BCUT2D eigenvalue weighted by atomic mass is 32.2. The van der Waals surface area contributed by atoms with Gasteiger partial charge in [0.2, 0.25) is 0 Å². The lowest BCUT2D eigenvalue weighted by molar-refractivity contribution is -0.130. The summed E-state index contributed by atoms with van der Waals surface area (Å²) in [5.41, 5.74) is 16.0. The first-order valence-corrected chi connectivity index (χ1v) is 12.3. The van der Waals surface area contributed by atoms with Crippen LogP contribution in [0.3, 0.4) is 0 Å².